The van der Waals surface area contributed by atoms with Crippen molar-refractivity contribution < 1.29 is 4.79 Å². The first kappa shape index (κ1) is 13.7. The summed E-state index contributed by atoms with van der Waals surface area (Å²) in [6, 6.07) is -0.405. The quantitative estimate of drug-likeness (QED) is 0.796. The van der Waals surface area contributed by atoms with E-state index in [1.54, 1.807) is 0 Å². The highest BCUT2D eigenvalue weighted by molar-refractivity contribution is 5.81. The number of aromatic nitrogens is 2. The standard InChI is InChI=1S/C12H22N4O/c1-5-6-11(13)12(17)14-7-10-8(2)15-16(4)9(10)3/h11H,5-7,13H2,1-4H3,(H,14,17)/t11-/m0/s1. The predicted molar refractivity (Wildman–Crippen MR) is 67.4 cm³/mol. The van der Waals surface area contributed by atoms with Gasteiger partial charge in [-0.2, -0.15) is 5.10 Å². The highest BCUT2D eigenvalue weighted by Crippen LogP contribution is 2.11. The molecule has 1 aromatic rings. The maximum Gasteiger partial charge on any atom is 0.237 e. The van der Waals surface area contributed by atoms with Gasteiger partial charge >= 0.3 is 0 Å². The van der Waals surface area contributed by atoms with E-state index in [-0.39, 0.29) is 5.91 Å². The Hall–Kier alpha value is -1.36. The van der Waals surface area contributed by atoms with Crippen molar-refractivity contribution in [1.82, 2.24) is 15.1 Å². The van der Waals surface area contributed by atoms with Crippen molar-refractivity contribution in [1.29, 1.82) is 0 Å². The summed E-state index contributed by atoms with van der Waals surface area (Å²) < 4.78 is 1.82. The van der Waals surface area contributed by atoms with Crippen molar-refractivity contribution in [3.8, 4) is 0 Å². The van der Waals surface area contributed by atoms with E-state index in [4.69, 9.17) is 5.73 Å². The SMILES string of the molecule is CCC[C@H](N)C(=O)NCc1c(C)nn(C)c1C. The van der Waals surface area contributed by atoms with Crippen LogP contribution in [0.25, 0.3) is 0 Å². The molecule has 0 aliphatic carbocycles. The first-order valence-corrected chi connectivity index (χ1v) is 5.99. The number of nitrogens with two attached hydrogens (primary N) is 1. The zero-order valence-electron chi connectivity index (χ0n) is 11.1. The smallest absolute Gasteiger partial charge is 0.237 e. The number of carbonyl (C=O) groups is 1. The first-order valence-electron chi connectivity index (χ1n) is 5.99. The fourth-order valence-corrected chi connectivity index (χ4v) is 1.82. The molecule has 5 nitrogen and oxygen atoms in total. The summed E-state index contributed by atoms with van der Waals surface area (Å²) in [5.41, 5.74) is 8.84. The first-order chi connectivity index (χ1) is 7.97. The highest BCUT2D eigenvalue weighted by Gasteiger charge is 2.14. The van der Waals surface area contributed by atoms with E-state index >= 15 is 0 Å². The molecule has 0 aliphatic heterocycles. The van der Waals surface area contributed by atoms with E-state index in [9.17, 15) is 4.79 Å². The number of carbonyl (C=O) groups excluding carboxylic acids is 1. The van der Waals surface area contributed by atoms with Gasteiger partial charge in [0.25, 0.3) is 0 Å². The zero-order chi connectivity index (χ0) is 13.0. The monoisotopic (exact) mass is 238 g/mol. The van der Waals surface area contributed by atoms with Gasteiger partial charge in [-0.25, -0.2) is 0 Å². The lowest BCUT2D eigenvalue weighted by Crippen LogP contribution is -2.40. The molecule has 0 fully saturated rings. The lowest BCUT2D eigenvalue weighted by molar-refractivity contribution is -0.122. The highest BCUT2D eigenvalue weighted by atomic mass is 16.2. The molecule has 0 saturated heterocycles. The Kier molecular flexibility index (Phi) is 4.69. The Morgan fingerprint density at radius 3 is 2.65 bits per heavy atom. The van der Waals surface area contributed by atoms with Crippen LogP contribution in [0.15, 0.2) is 0 Å². The largest absolute Gasteiger partial charge is 0.351 e. The lowest BCUT2D eigenvalue weighted by Gasteiger charge is -2.11. The molecule has 0 radical (unpaired) electrons. The minimum absolute atomic E-state index is 0.0884. The lowest BCUT2D eigenvalue weighted by atomic mass is 10.1. The van der Waals surface area contributed by atoms with E-state index in [1.807, 2.05) is 32.5 Å². The maximum atomic E-state index is 11.7. The maximum absolute atomic E-state index is 11.7. The van der Waals surface area contributed by atoms with Gasteiger partial charge in [-0.15, -0.1) is 0 Å². The Labute approximate surface area is 102 Å². The number of nitrogens with one attached hydrogen (secondary N) is 1. The van der Waals surface area contributed by atoms with E-state index in [1.165, 1.54) is 0 Å². The van der Waals surface area contributed by atoms with Gasteiger partial charge in [-0.05, 0) is 20.3 Å². The van der Waals surface area contributed by atoms with E-state index < -0.39 is 6.04 Å². The number of aryl methyl sites for hydroxylation is 2. The van der Waals surface area contributed by atoms with Crippen molar-refractivity contribution in [2.75, 3.05) is 0 Å². The molecule has 17 heavy (non-hydrogen) atoms. The molecule has 0 bridgehead atoms. The van der Waals surface area contributed by atoms with Crippen LogP contribution in [-0.2, 0) is 18.4 Å². The summed E-state index contributed by atoms with van der Waals surface area (Å²) in [5, 5.41) is 7.17. The summed E-state index contributed by atoms with van der Waals surface area (Å²) in [4.78, 5) is 11.7. The van der Waals surface area contributed by atoms with E-state index in [0.717, 1.165) is 29.8 Å². The molecular formula is C12H22N4O. The number of hydrogen-bond acceptors (Lipinski definition) is 3. The summed E-state index contributed by atoms with van der Waals surface area (Å²) in [6.45, 7) is 6.46. The van der Waals surface area contributed by atoms with E-state index in [2.05, 4.69) is 10.4 Å². The van der Waals surface area contributed by atoms with Crippen molar-refractivity contribution in [2.45, 2.75) is 46.2 Å². The fourth-order valence-electron chi connectivity index (χ4n) is 1.82. The number of hydrogen-bond donors (Lipinski definition) is 2. The minimum Gasteiger partial charge on any atom is -0.351 e. The molecule has 0 unspecified atom stereocenters. The van der Waals surface area contributed by atoms with Crippen LogP contribution in [0.5, 0.6) is 0 Å². The normalized spacial score (nSPS) is 12.5. The molecule has 1 atom stereocenters. The van der Waals surface area contributed by atoms with Crippen LogP contribution in [0.4, 0.5) is 0 Å². The second-order valence-corrected chi connectivity index (χ2v) is 4.39. The molecule has 0 aromatic carbocycles. The summed E-state index contributed by atoms with van der Waals surface area (Å²) in [5.74, 6) is -0.0884. The molecule has 96 valence electrons. The molecule has 1 heterocycles. The Morgan fingerprint density at radius 1 is 1.53 bits per heavy atom. The topological polar surface area (TPSA) is 72.9 Å². The predicted octanol–water partition coefficient (Wildman–Crippen LogP) is 0.781. The summed E-state index contributed by atoms with van der Waals surface area (Å²) >= 11 is 0. The number of nitrogens with zero attached hydrogens (tertiary/aromatic N) is 2. The van der Waals surface area contributed by atoms with Gasteiger partial charge in [-0.1, -0.05) is 13.3 Å². The fraction of sp³-hybridized carbons (Fsp3) is 0.667. The molecule has 1 rings (SSSR count). The van der Waals surface area contributed by atoms with Gasteiger partial charge in [0, 0.05) is 24.8 Å². The number of rotatable bonds is 5. The molecule has 0 spiro atoms. The second kappa shape index (κ2) is 5.82. The molecule has 3 N–H and O–H groups in total. The average Bonchev–Trinajstić information content (AvgIpc) is 2.51. The molecular weight excluding hydrogens is 216 g/mol. The third-order valence-corrected chi connectivity index (χ3v) is 3.03. The third-order valence-electron chi connectivity index (χ3n) is 3.03. The van der Waals surface area contributed by atoms with Crippen molar-refractivity contribution in [3.05, 3.63) is 17.0 Å². The van der Waals surface area contributed by atoms with Crippen molar-refractivity contribution in [2.24, 2.45) is 12.8 Å². The average molecular weight is 238 g/mol. The molecule has 0 saturated carbocycles. The molecule has 0 aliphatic rings. The van der Waals surface area contributed by atoms with Crippen LogP contribution >= 0.6 is 0 Å². The Morgan fingerprint density at radius 2 is 2.18 bits per heavy atom. The van der Waals surface area contributed by atoms with Crippen LogP contribution in [-0.4, -0.2) is 21.7 Å². The Bertz CT molecular complexity index is 397. The van der Waals surface area contributed by atoms with Crippen molar-refractivity contribution in [3.63, 3.8) is 0 Å². The third kappa shape index (κ3) is 3.30. The van der Waals surface area contributed by atoms with Crippen LogP contribution in [0.1, 0.15) is 36.7 Å². The van der Waals surface area contributed by atoms with Crippen LogP contribution in [0, 0.1) is 13.8 Å². The summed E-state index contributed by atoms with van der Waals surface area (Å²) in [7, 11) is 1.90. The van der Waals surface area contributed by atoms with Gasteiger partial charge in [0.2, 0.25) is 5.91 Å². The van der Waals surface area contributed by atoms with E-state index in [0.29, 0.717) is 6.54 Å². The minimum atomic E-state index is -0.405. The zero-order valence-corrected chi connectivity index (χ0v) is 11.1. The molecule has 1 aromatic heterocycles. The van der Waals surface area contributed by atoms with Crippen LogP contribution in [0.2, 0.25) is 0 Å². The van der Waals surface area contributed by atoms with Gasteiger partial charge in [0.05, 0.1) is 11.7 Å². The van der Waals surface area contributed by atoms with Gasteiger partial charge in [0.15, 0.2) is 0 Å². The van der Waals surface area contributed by atoms with Crippen LogP contribution in [0.3, 0.4) is 0 Å². The number of amides is 1. The van der Waals surface area contributed by atoms with Gasteiger partial charge in [-0.3, -0.25) is 9.48 Å². The second-order valence-electron chi connectivity index (χ2n) is 4.39. The van der Waals surface area contributed by atoms with Gasteiger partial charge < -0.3 is 11.1 Å². The van der Waals surface area contributed by atoms with Gasteiger partial charge in [0.1, 0.15) is 0 Å². The Balaban J connectivity index is 2.58. The molecule has 1 amide bonds. The molecule has 5 heteroatoms. The van der Waals surface area contributed by atoms with Crippen molar-refractivity contribution >= 4 is 5.91 Å². The summed E-state index contributed by atoms with van der Waals surface area (Å²) in [6.07, 6.45) is 1.64. The van der Waals surface area contributed by atoms with Crippen LogP contribution < -0.4 is 11.1 Å².